The number of rotatable bonds is 12. The van der Waals surface area contributed by atoms with Crippen LogP contribution < -0.4 is 5.32 Å². The van der Waals surface area contributed by atoms with E-state index in [1.54, 1.807) is 0 Å². The monoisotopic (exact) mass is 510 g/mol. The number of aryl methyl sites for hydroxylation is 1. The predicted molar refractivity (Wildman–Crippen MR) is 151 cm³/mol. The molecule has 0 aromatic heterocycles. The molecule has 0 saturated heterocycles. The first-order valence-electron chi connectivity index (χ1n) is 13.9. The molecule has 0 spiro atoms. The van der Waals surface area contributed by atoms with Crippen LogP contribution in [0.25, 0.3) is 11.1 Å². The number of benzene rings is 3. The fourth-order valence-electron chi connectivity index (χ4n) is 5.72. The molecule has 3 aromatic rings. The van der Waals surface area contributed by atoms with Gasteiger partial charge in [-0.3, -0.25) is 9.69 Å². The lowest BCUT2D eigenvalue weighted by Crippen LogP contribution is -2.41. The van der Waals surface area contributed by atoms with Gasteiger partial charge in [-0.2, -0.15) is 0 Å². The van der Waals surface area contributed by atoms with Gasteiger partial charge in [0.15, 0.2) is 0 Å². The summed E-state index contributed by atoms with van der Waals surface area (Å²) in [6.07, 6.45) is 7.09. The molecule has 2 saturated carbocycles. The van der Waals surface area contributed by atoms with Gasteiger partial charge in [0.05, 0.1) is 0 Å². The quantitative estimate of drug-likeness (QED) is 0.296. The molecule has 0 bridgehead atoms. The lowest BCUT2D eigenvalue weighted by atomic mass is 9.93. The molecule has 1 atom stereocenters. The summed E-state index contributed by atoms with van der Waals surface area (Å²) in [4.78, 5) is 27.8. The maximum atomic E-state index is 13.4. The number of carboxylic acids is 1. The second-order valence-electron chi connectivity index (χ2n) is 11.1. The Balaban J connectivity index is 1.45. The second kappa shape index (κ2) is 11.1. The maximum absolute atomic E-state index is 13.4. The highest BCUT2D eigenvalue weighted by atomic mass is 16.4. The van der Waals surface area contributed by atoms with Gasteiger partial charge >= 0.3 is 5.97 Å². The number of hydrogen-bond acceptors (Lipinski definition) is 3. The molecule has 0 aliphatic heterocycles. The molecule has 0 radical (unpaired) electrons. The van der Waals surface area contributed by atoms with Gasteiger partial charge in [0.1, 0.15) is 6.04 Å². The number of nitrogens with zero attached hydrogens (tertiary/aromatic N) is 1. The summed E-state index contributed by atoms with van der Waals surface area (Å²) in [5.41, 5.74) is 6.28. The van der Waals surface area contributed by atoms with Crippen molar-refractivity contribution in [1.82, 2.24) is 10.2 Å². The van der Waals surface area contributed by atoms with Crippen LogP contribution in [-0.4, -0.2) is 39.5 Å². The number of aliphatic carboxylic acids is 1. The van der Waals surface area contributed by atoms with Gasteiger partial charge in [0.2, 0.25) is 0 Å². The Morgan fingerprint density at radius 1 is 0.974 bits per heavy atom. The van der Waals surface area contributed by atoms with Crippen LogP contribution >= 0.6 is 0 Å². The van der Waals surface area contributed by atoms with Crippen LogP contribution in [0.5, 0.6) is 0 Å². The van der Waals surface area contributed by atoms with Crippen molar-refractivity contribution in [3.63, 3.8) is 0 Å². The first-order chi connectivity index (χ1) is 18.4. The molecule has 3 aromatic carbocycles. The van der Waals surface area contributed by atoms with Gasteiger partial charge in [-0.25, -0.2) is 4.79 Å². The smallest absolute Gasteiger partial charge is 0.326 e. The van der Waals surface area contributed by atoms with Gasteiger partial charge in [-0.15, -0.1) is 0 Å². The Labute approximate surface area is 225 Å². The SMILES string of the molecule is CCC[C@H](NC(=O)c1ccc(CN(C2CC2)C2(Cc3ccccc3)CC2)cc1-c1ccccc1C)C(=O)O. The third-order valence-electron chi connectivity index (χ3n) is 8.10. The molecular weight excluding hydrogens is 472 g/mol. The minimum atomic E-state index is -0.998. The van der Waals surface area contributed by atoms with Crippen molar-refractivity contribution in [3.8, 4) is 11.1 Å². The van der Waals surface area contributed by atoms with Crippen LogP contribution in [-0.2, 0) is 17.8 Å². The van der Waals surface area contributed by atoms with E-state index in [1.165, 1.54) is 36.8 Å². The largest absolute Gasteiger partial charge is 0.480 e. The summed E-state index contributed by atoms with van der Waals surface area (Å²) >= 11 is 0. The average molecular weight is 511 g/mol. The van der Waals surface area contributed by atoms with Gasteiger partial charge in [0.25, 0.3) is 5.91 Å². The minimum Gasteiger partial charge on any atom is -0.480 e. The Hall–Kier alpha value is -3.44. The summed E-state index contributed by atoms with van der Waals surface area (Å²) < 4.78 is 0. The zero-order chi connectivity index (χ0) is 26.7. The lowest BCUT2D eigenvalue weighted by Gasteiger charge is -2.33. The standard InChI is InChI=1S/C33H38N2O3/c1-3-9-30(32(37)38)34-31(36)28-17-14-25(20-29(28)27-13-8-7-10-23(27)2)22-35(26-15-16-26)33(18-19-33)21-24-11-5-4-6-12-24/h4-8,10-14,17,20,26,30H,3,9,15-16,18-19,21-22H2,1-2H3,(H,34,36)(H,37,38)/t30-/m0/s1. The first-order valence-corrected chi connectivity index (χ1v) is 13.9. The zero-order valence-corrected chi connectivity index (χ0v) is 22.5. The molecule has 5 nitrogen and oxygen atoms in total. The normalized spacial score (nSPS) is 16.7. The summed E-state index contributed by atoms with van der Waals surface area (Å²) in [5, 5.41) is 12.4. The van der Waals surface area contributed by atoms with E-state index in [9.17, 15) is 14.7 Å². The summed E-state index contributed by atoms with van der Waals surface area (Å²) in [6.45, 7) is 4.83. The number of carbonyl (C=O) groups is 2. The second-order valence-corrected chi connectivity index (χ2v) is 11.1. The Morgan fingerprint density at radius 2 is 1.68 bits per heavy atom. The third kappa shape index (κ3) is 5.83. The Morgan fingerprint density at radius 3 is 2.32 bits per heavy atom. The van der Waals surface area contributed by atoms with Crippen LogP contribution in [0.1, 0.15) is 72.5 Å². The molecule has 0 unspecified atom stereocenters. The number of amides is 1. The van der Waals surface area contributed by atoms with E-state index in [0.29, 0.717) is 24.4 Å². The first kappa shape index (κ1) is 26.2. The predicted octanol–water partition coefficient (Wildman–Crippen LogP) is 6.38. The van der Waals surface area contributed by atoms with Crippen molar-refractivity contribution in [3.05, 3.63) is 95.1 Å². The van der Waals surface area contributed by atoms with Crippen molar-refractivity contribution in [2.24, 2.45) is 0 Å². The van der Waals surface area contributed by atoms with Crippen LogP contribution in [0.2, 0.25) is 0 Å². The maximum Gasteiger partial charge on any atom is 0.326 e. The Kier molecular flexibility index (Phi) is 7.66. The van der Waals surface area contributed by atoms with E-state index >= 15 is 0 Å². The van der Waals surface area contributed by atoms with Crippen molar-refractivity contribution in [1.29, 1.82) is 0 Å². The number of carboxylic acid groups (broad SMARTS) is 1. The van der Waals surface area contributed by atoms with Crippen LogP contribution in [0.15, 0.2) is 72.8 Å². The van der Waals surface area contributed by atoms with Crippen LogP contribution in [0, 0.1) is 6.92 Å². The van der Waals surface area contributed by atoms with Gasteiger partial charge in [0, 0.05) is 23.7 Å². The van der Waals surface area contributed by atoms with Crippen molar-refractivity contribution < 1.29 is 14.7 Å². The highest BCUT2D eigenvalue weighted by Gasteiger charge is 2.52. The summed E-state index contributed by atoms with van der Waals surface area (Å²) in [6, 6.07) is 24.7. The summed E-state index contributed by atoms with van der Waals surface area (Å²) in [7, 11) is 0. The molecule has 198 valence electrons. The molecule has 2 aliphatic carbocycles. The molecule has 2 fully saturated rings. The van der Waals surface area contributed by atoms with Gasteiger partial charge < -0.3 is 10.4 Å². The average Bonchev–Trinajstić information content (AvgIpc) is 3.85. The van der Waals surface area contributed by atoms with Gasteiger partial charge in [-0.05, 0) is 85.4 Å². The molecule has 2 N–H and O–H groups in total. The number of carbonyl (C=O) groups excluding carboxylic acids is 1. The van der Waals surface area contributed by atoms with Crippen molar-refractivity contribution in [2.45, 2.75) is 83.0 Å². The van der Waals surface area contributed by atoms with Crippen molar-refractivity contribution in [2.75, 3.05) is 0 Å². The highest BCUT2D eigenvalue weighted by molar-refractivity contribution is 6.02. The van der Waals surface area contributed by atoms with Crippen LogP contribution in [0.3, 0.4) is 0 Å². The van der Waals surface area contributed by atoms with E-state index in [-0.39, 0.29) is 11.4 Å². The number of nitrogens with one attached hydrogen (secondary N) is 1. The number of hydrogen-bond donors (Lipinski definition) is 2. The van der Waals surface area contributed by atoms with Gasteiger partial charge in [-0.1, -0.05) is 74.0 Å². The molecule has 5 heteroatoms. The van der Waals surface area contributed by atoms with E-state index < -0.39 is 12.0 Å². The molecule has 2 aliphatic rings. The Bertz CT molecular complexity index is 1290. The molecule has 5 rings (SSSR count). The minimum absolute atomic E-state index is 0.219. The fourth-order valence-corrected chi connectivity index (χ4v) is 5.72. The van der Waals surface area contributed by atoms with E-state index in [2.05, 4.69) is 65.7 Å². The lowest BCUT2D eigenvalue weighted by molar-refractivity contribution is -0.139. The van der Waals surface area contributed by atoms with E-state index in [4.69, 9.17) is 0 Å². The molecule has 1 amide bonds. The van der Waals surface area contributed by atoms with Crippen molar-refractivity contribution >= 4 is 11.9 Å². The zero-order valence-electron chi connectivity index (χ0n) is 22.5. The van der Waals surface area contributed by atoms with E-state index in [1.807, 2.05) is 31.2 Å². The highest BCUT2D eigenvalue weighted by Crippen LogP contribution is 2.50. The fraction of sp³-hybridized carbons (Fsp3) is 0.394. The molecular formula is C33H38N2O3. The molecule has 0 heterocycles. The summed E-state index contributed by atoms with van der Waals surface area (Å²) in [5.74, 6) is -1.33. The van der Waals surface area contributed by atoms with Crippen LogP contribution in [0.4, 0.5) is 0 Å². The topological polar surface area (TPSA) is 69.6 Å². The molecule has 38 heavy (non-hydrogen) atoms. The van der Waals surface area contributed by atoms with E-state index in [0.717, 1.165) is 29.7 Å². The third-order valence-corrected chi connectivity index (χ3v) is 8.10.